The van der Waals surface area contributed by atoms with Crippen LogP contribution in [0.3, 0.4) is 0 Å². The number of oxazole rings is 1. The van der Waals surface area contributed by atoms with Crippen LogP contribution in [0.4, 0.5) is 0 Å². The molecule has 0 radical (unpaired) electrons. The molecule has 1 atom stereocenters. The van der Waals surface area contributed by atoms with Crippen LogP contribution in [0.25, 0.3) is 0 Å². The Labute approximate surface area is 81.9 Å². The minimum absolute atomic E-state index is 0.0858. The largest absolute Gasteiger partial charge is 0.441 e. The van der Waals surface area contributed by atoms with Gasteiger partial charge in [0.25, 0.3) is 5.89 Å². The normalized spacial score (nSPS) is 22.4. The molecule has 1 aromatic heterocycles. The maximum atomic E-state index is 11.7. The van der Waals surface area contributed by atoms with E-state index in [1.165, 1.54) is 12.5 Å². The van der Waals surface area contributed by atoms with E-state index in [4.69, 9.17) is 10.2 Å². The smallest absolute Gasteiger partial charge is 0.309 e. The van der Waals surface area contributed by atoms with Gasteiger partial charge in [-0.1, -0.05) is 0 Å². The lowest BCUT2D eigenvalue weighted by atomic mass is 10.1. The third-order valence-corrected chi connectivity index (χ3v) is 2.36. The molecule has 76 valence electrons. The first-order valence-corrected chi connectivity index (χ1v) is 4.71. The summed E-state index contributed by atoms with van der Waals surface area (Å²) in [6.45, 7) is 1.34. The fourth-order valence-corrected chi connectivity index (χ4v) is 1.66. The molecule has 2 N–H and O–H groups in total. The second-order valence-electron chi connectivity index (χ2n) is 3.49. The van der Waals surface area contributed by atoms with Gasteiger partial charge in [0.2, 0.25) is 0 Å². The Morgan fingerprint density at radius 2 is 2.57 bits per heavy atom. The summed E-state index contributed by atoms with van der Waals surface area (Å²) < 4.78 is 4.94. The Kier molecular flexibility index (Phi) is 2.49. The Bertz CT molecular complexity index is 310. The van der Waals surface area contributed by atoms with E-state index in [2.05, 4.69) is 4.98 Å². The van der Waals surface area contributed by atoms with Gasteiger partial charge in [-0.2, -0.15) is 0 Å². The van der Waals surface area contributed by atoms with E-state index in [-0.39, 0.29) is 17.8 Å². The highest BCUT2D eigenvalue weighted by Gasteiger charge is 2.24. The van der Waals surface area contributed by atoms with Gasteiger partial charge < -0.3 is 15.1 Å². The summed E-state index contributed by atoms with van der Waals surface area (Å²) in [6, 6.07) is 0.0858. The molecule has 0 aliphatic carbocycles. The zero-order valence-electron chi connectivity index (χ0n) is 7.85. The van der Waals surface area contributed by atoms with Crippen LogP contribution in [-0.2, 0) is 0 Å². The fraction of sp³-hybridized carbons (Fsp3) is 0.556. The van der Waals surface area contributed by atoms with Crippen molar-refractivity contribution in [3.8, 4) is 0 Å². The van der Waals surface area contributed by atoms with E-state index < -0.39 is 0 Å². The van der Waals surface area contributed by atoms with E-state index in [0.29, 0.717) is 6.54 Å². The molecule has 1 fully saturated rings. The molecule has 1 unspecified atom stereocenters. The first kappa shape index (κ1) is 9.21. The van der Waals surface area contributed by atoms with Crippen LogP contribution < -0.4 is 5.73 Å². The first-order valence-electron chi connectivity index (χ1n) is 4.71. The average Bonchev–Trinajstić information content (AvgIpc) is 2.69. The molecular weight excluding hydrogens is 182 g/mol. The van der Waals surface area contributed by atoms with Crippen molar-refractivity contribution < 1.29 is 9.21 Å². The van der Waals surface area contributed by atoms with Crippen molar-refractivity contribution in [2.24, 2.45) is 5.73 Å². The molecule has 2 rings (SSSR count). The van der Waals surface area contributed by atoms with E-state index in [9.17, 15) is 4.79 Å². The van der Waals surface area contributed by atoms with Gasteiger partial charge in [0.1, 0.15) is 6.26 Å². The van der Waals surface area contributed by atoms with Crippen LogP contribution in [-0.4, -0.2) is 34.9 Å². The van der Waals surface area contributed by atoms with E-state index in [1.807, 2.05) is 0 Å². The maximum absolute atomic E-state index is 11.7. The van der Waals surface area contributed by atoms with Crippen molar-refractivity contribution in [3.63, 3.8) is 0 Å². The fourth-order valence-electron chi connectivity index (χ4n) is 1.66. The minimum Gasteiger partial charge on any atom is -0.441 e. The van der Waals surface area contributed by atoms with Gasteiger partial charge in [0, 0.05) is 19.1 Å². The highest BCUT2D eigenvalue weighted by atomic mass is 16.4. The van der Waals surface area contributed by atoms with E-state index in [0.717, 1.165) is 19.4 Å². The van der Waals surface area contributed by atoms with Crippen molar-refractivity contribution in [1.29, 1.82) is 0 Å². The van der Waals surface area contributed by atoms with E-state index in [1.54, 1.807) is 4.90 Å². The van der Waals surface area contributed by atoms with Gasteiger partial charge >= 0.3 is 5.91 Å². The lowest BCUT2D eigenvalue weighted by Gasteiger charge is -2.29. The topological polar surface area (TPSA) is 72.4 Å². The molecule has 1 saturated heterocycles. The zero-order valence-corrected chi connectivity index (χ0v) is 7.85. The molecule has 0 saturated carbocycles. The molecule has 1 amide bonds. The van der Waals surface area contributed by atoms with Gasteiger partial charge in [-0.05, 0) is 12.8 Å². The lowest BCUT2D eigenvalue weighted by molar-refractivity contribution is 0.0668. The summed E-state index contributed by atoms with van der Waals surface area (Å²) in [5, 5.41) is 0. The molecular formula is C9H13N3O2. The van der Waals surface area contributed by atoms with Crippen LogP contribution in [0.5, 0.6) is 0 Å². The molecule has 0 bridgehead atoms. The van der Waals surface area contributed by atoms with Gasteiger partial charge in [0.15, 0.2) is 0 Å². The third kappa shape index (κ3) is 1.77. The number of hydrogen-bond donors (Lipinski definition) is 1. The summed E-state index contributed by atoms with van der Waals surface area (Å²) in [7, 11) is 0. The van der Waals surface area contributed by atoms with Crippen molar-refractivity contribution in [3.05, 3.63) is 18.4 Å². The molecule has 1 aliphatic heterocycles. The quantitative estimate of drug-likeness (QED) is 0.696. The van der Waals surface area contributed by atoms with E-state index >= 15 is 0 Å². The second-order valence-corrected chi connectivity index (χ2v) is 3.49. The number of hydrogen-bond acceptors (Lipinski definition) is 4. The highest BCUT2D eigenvalue weighted by Crippen LogP contribution is 2.11. The number of aromatic nitrogens is 1. The highest BCUT2D eigenvalue weighted by molar-refractivity contribution is 5.89. The molecule has 5 nitrogen and oxygen atoms in total. The molecule has 1 aliphatic rings. The number of likely N-dealkylation sites (tertiary alicyclic amines) is 1. The number of carbonyl (C=O) groups is 1. The monoisotopic (exact) mass is 195 g/mol. The maximum Gasteiger partial charge on any atom is 0.309 e. The molecule has 1 aromatic rings. The Hall–Kier alpha value is -1.36. The average molecular weight is 195 g/mol. The number of carbonyl (C=O) groups excluding carboxylic acids is 1. The summed E-state index contributed by atoms with van der Waals surface area (Å²) in [5.41, 5.74) is 5.77. The second kappa shape index (κ2) is 3.79. The van der Waals surface area contributed by atoms with Crippen molar-refractivity contribution in [2.75, 3.05) is 13.1 Å². The number of piperidine rings is 1. The SMILES string of the molecule is NC1CCCN(C(=O)c2ncco2)C1. The van der Waals surface area contributed by atoms with Crippen LogP contribution in [0.2, 0.25) is 0 Å². The van der Waals surface area contributed by atoms with Gasteiger partial charge in [-0.3, -0.25) is 4.79 Å². The molecule has 0 spiro atoms. The predicted molar refractivity (Wildman–Crippen MR) is 49.6 cm³/mol. The first-order chi connectivity index (χ1) is 6.77. The molecule has 5 heteroatoms. The number of amides is 1. The van der Waals surface area contributed by atoms with Crippen LogP contribution in [0.15, 0.2) is 16.9 Å². The van der Waals surface area contributed by atoms with Gasteiger partial charge in [0.05, 0.1) is 6.20 Å². The van der Waals surface area contributed by atoms with Crippen LogP contribution >= 0.6 is 0 Å². The number of rotatable bonds is 1. The zero-order chi connectivity index (χ0) is 9.97. The summed E-state index contributed by atoms with van der Waals surface area (Å²) in [5.74, 6) is -0.00995. The van der Waals surface area contributed by atoms with Gasteiger partial charge in [-0.15, -0.1) is 0 Å². The van der Waals surface area contributed by atoms with Crippen LogP contribution in [0, 0.1) is 0 Å². The van der Waals surface area contributed by atoms with Gasteiger partial charge in [-0.25, -0.2) is 4.98 Å². The van der Waals surface area contributed by atoms with Crippen molar-refractivity contribution in [2.45, 2.75) is 18.9 Å². The van der Waals surface area contributed by atoms with Crippen molar-refractivity contribution in [1.82, 2.24) is 9.88 Å². The number of nitrogens with two attached hydrogens (primary N) is 1. The summed E-state index contributed by atoms with van der Waals surface area (Å²) in [6.07, 6.45) is 4.80. The number of nitrogens with zero attached hydrogens (tertiary/aromatic N) is 2. The van der Waals surface area contributed by atoms with Crippen molar-refractivity contribution >= 4 is 5.91 Å². The standard InChI is InChI=1S/C9H13N3O2/c10-7-2-1-4-12(6-7)9(13)8-11-3-5-14-8/h3,5,7H,1-2,4,6,10H2. The minimum atomic E-state index is -0.162. The summed E-state index contributed by atoms with van der Waals surface area (Å²) in [4.78, 5) is 17.2. The lowest BCUT2D eigenvalue weighted by Crippen LogP contribution is -2.45. The summed E-state index contributed by atoms with van der Waals surface area (Å²) >= 11 is 0. The Morgan fingerprint density at radius 3 is 3.21 bits per heavy atom. The molecule has 2 heterocycles. The Balaban J connectivity index is 2.04. The molecule has 14 heavy (non-hydrogen) atoms. The molecule has 0 aromatic carbocycles. The Morgan fingerprint density at radius 1 is 1.71 bits per heavy atom. The van der Waals surface area contributed by atoms with Crippen LogP contribution in [0.1, 0.15) is 23.5 Å². The third-order valence-electron chi connectivity index (χ3n) is 2.36. The predicted octanol–water partition coefficient (Wildman–Crippen LogP) is 0.238.